The minimum atomic E-state index is -0.474. The number of rotatable bonds is 4. The molecule has 0 fully saturated rings. The molecule has 0 amide bonds. The summed E-state index contributed by atoms with van der Waals surface area (Å²) in [6.45, 7) is 1.88. The quantitative estimate of drug-likeness (QED) is 0.688. The SMILES string of the molecule is COc1cc(-c2nc(SC)[nH]c(=O)c2C#N)c(OC)cc1C. The first-order valence-corrected chi connectivity index (χ1v) is 7.59. The van der Waals surface area contributed by atoms with Crippen LogP contribution in [0.3, 0.4) is 0 Å². The molecule has 2 aromatic rings. The summed E-state index contributed by atoms with van der Waals surface area (Å²) in [6.07, 6.45) is 1.79. The van der Waals surface area contributed by atoms with Crippen molar-refractivity contribution >= 4 is 11.8 Å². The Morgan fingerprint density at radius 3 is 2.50 bits per heavy atom. The first-order chi connectivity index (χ1) is 10.5. The lowest BCUT2D eigenvalue weighted by molar-refractivity contribution is 0.401. The van der Waals surface area contributed by atoms with E-state index >= 15 is 0 Å². The molecule has 0 aliphatic rings. The summed E-state index contributed by atoms with van der Waals surface area (Å²) in [4.78, 5) is 19.0. The summed E-state index contributed by atoms with van der Waals surface area (Å²) in [5, 5.41) is 9.71. The summed E-state index contributed by atoms with van der Waals surface area (Å²) in [6, 6.07) is 5.42. The van der Waals surface area contributed by atoms with Crippen molar-refractivity contribution in [1.82, 2.24) is 9.97 Å². The van der Waals surface area contributed by atoms with Crippen molar-refractivity contribution < 1.29 is 9.47 Å². The van der Waals surface area contributed by atoms with Crippen LogP contribution < -0.4 is 15.0 Å². The minimum absolute atomic E-state index is 0.0537. The zero-order chi connectivity index (χ0) is 16.3. The van der Waals surface area contributed by atoms with Crippen LogP contribution in [0.25, 0.3) is 11.3 Å². The number of hydrogen-bond donors (Lipinski definition) is 1. The van der Waals surface area contributed by atoms with Gasteiger partial charge in [0.05, 0.1) is 14.2 Å². The number of aromatic nitrogens is 2. The third-order valence-corrected chi connectivity index (χ3v) is 3.75. The van der Waals surface area contributed by atoms with E-state index in [9.17, 15) is 10.1 Å². The van der Waals surface area contributed by atoms with E-state index in [0.29, 0.717) is 22.2 Å². The van der Waals surface area contributed by atoms with E-state index in [1.54, 1.807) is 25.5 Å². The Morgan fingerprint density at radius 2 is 1.95 bits per heavy atom. The first-order valence-electron chi connectivity index (χ1n) is 6.37. The summed E-state index contributed by atoms with van der Waals surface area (Å²) >= 11 is 1.29. The molecule has 1 heterocycles. The van der Waals surface area contributed by atoms with Crippen LogP contribution in [0.4, 0.5) is 0 Å². The largest absolute Gasteiger partial charge is 0.496 e. The standard InChI is InChI=1S/C15H15N3O3S/c1-8-5-12(21-3)9(6-11(8)20-2)13-10(7-16)14(19)18-15(17-13)22-4/h5-6H,1-4H3,(H,17,18,19). The monoisotopic (exact) mass is 317 g/mol. The molecule has 0 aliphatic carbocycles. The van der Waals surface area contributed by atoms with Gasteiger partial charge in [0.15, 0.2) is 5.16 Å². The number of benzene rings is 1. The van der Waals surface area contributed by atoms with E-state index in [2.05, 4.69) is 9.97 Å². The van der Waals surface area contributed by atoms with Crippen LogP contribution >= 0.6 is 11.8 Å². The smallest absolute Gasteiger partial charge is 0.270 e. The molecule has 7 heteroatoms. The minimum Gasteiger partial charge on any atom is -0.496 e. The van der Waals surface area contributed by atoms with E-state index in [1.165, 1.54) is 18.9 Å². The van der Waals surface area contributed by atoms with E-state index in [0.717, 1.165) is 5.56 Å². The Bertz CT molecular complexity index is 809. The summed E-state index contributed by atoms with van der Waals surface area (Å²) < 4.78 is 10.7. The molecular formula is C15H15N3O3S. The van der Waals surface area contributed by atoms with Crippen molar-refractivity contribution in [1.29, 1.82) is 5.26 Å². The van der Waals surface area contributed by atoms with Crippen LogP contribution in [0.5, 0.6) is 11.5 Å². The van der Waals surface area contributed by atoms with Crippen LogP contribution in [0.15, 0.2) is 22.1 Å². The molecule has 0 atom stereocenters. The molecule has 22 heavy (non-hydrogen) atoms. The fourth-order valence-electron chi connectivity index (χ4n) is 2.08. The number of nitrogens with one attached hydrogen (secondary N) is 1. The number of methoxy groups -OCH3 is 2. The molecule has 0 saturated heterocycles. The van der Waals surface area contributed by atoms with E-state index in [4.69, 9.17) is 9.47 Å². The molecule has 0 unspecified atom stereocenters. The predicted octanol–water partition coefficient (Wildman–Crippen LogP) is 2.36. The molecule has 0 bridgehead atoms. The lowest BCUT2D eigenvalue weighted by atomic mass is 10.0. The molecule has 2 rings (SSSR count). The number of aryl methyl sites for hydroxylation is 1. The maximum Gasteiger partial charge on any atom is 0.270 e. The average Bonchev–Trinajstić information content (AvgIpc) is 2.53. The van der Waals surface area contributed by atoms with Gasteiger partial charge in [0.1, 0.15) is 28.8 Å². The molecule has 0 aliphatic heterocycles. The normalized spacial score (nSPS) is 10.1. The topological polar surface area (TPSA) is 88.0 Å². The van der Waals surface area contributed by atoms with Crippen LogP contribution in [-0.4, -0.2) is 30.4 Å². The fraction of sp³-hybridized carbons (Fsp3) is 0.267. The number of thioether (sulfide) groups is 1. The lowest BCUT2D eigenvalue weighted by Gasteiger charge is -2.13. The second-order valence-electron chi connectivity index (χ2n) is 4.43. The summed E-state index contributed by atoms with van der Waals surface area (Å²) in [7, 11) is 3.09. The molecule has 1 N–H and O–H groups in total. The van der Waals surface area contributed by atoms with Crippen molar-refractivity contribution in [2.45, 2.75) is 12.1 Å². The number of aromatic amines is 1. The maximum absolute atomic E-state index is 12.0. The predicted molar refractivity (Wildman–Crippen MR) is 84.6 cm³/mol. The number of nitrogens with zero attached hydrogens (tertiary/aromatic N) is 2. The highest BCUT2D eigenvalue weighted by molar-refractivity contribution is 7.98. The molecule has 0 radical (unpaired) electrons. The van der Waals surface area contributed by atoms with Gasteiger partial charge in [0, 0.05) is 5.56 Å². The van der Waals surface area contributed by atoms with E-state index < -0.39 is 5.56 Å². The number of H-pyrrole nitrogens is 1. The van der Waals surface area contributed by atoms with Crippen molar-refractivity contribution in [2.75, 3.05) is 20.5 Å². The Morgan fingerprint density at radius 1 is 1.27 bits per heavy atom. The Labute approximate surface area is 132 Å². The van der Waals surface area contributed by atoms with Crippen molar-refractivity contribution in [3.63, 3.8) is 0 Å². The Kier molecular flexibility index (Phi) is 4.73. The van der Waals surface area contributed by atoms with Gasteiger partial charge >= 0.3 is 0 Å². The number of hydrogen-bond acceptors (Lipinski definition) is 6. The van der Waals surface area contributed by atoms with Gasteiger partial charge in [-0.05, 0) is 30.9 Å². The van der Waals surface area contributed by atoms with Crippen molar-refractivity contribution in [3.05, 3.63) is 33.6 Å². The third kappa shape index (κ3) is 2.78. The average molecular weight is 317 g/mol. The lowest BCUT2D eigenvalue weighted by Crippen LogP contribution is -2.15. The van der Waals surface area contributed by atoms with Gasteiger partial charge in [0.25, 0.3) is 5.56 Å². The molecule has 1 aromatic heterocycles. The fourth-order valence-corrected chi connectivity index (χ4v) is 2.46. The highest BCUT2D eigenvalue weighted by atomic mass is 32.2. The zero-order valence-electron chi connectivity index (χ0n) is 12.7. The van der Waals surface area contributed by atoms with Gasteiger partial charge in [0.2, 0.25) is 0 Å². The molecule has 114 valence electrons. The Balaban J connectivity index is 2.84. The van der Waals surface area contributed by atoms with Gasteiger partial charge in [-0.3, -0.25) is 4.79 Å². The second-order valence-corrected chi connectivity index (χ2v) is 5.23. The van der Waals surface area contributed by atoms with E-state index in [1.807, 2.05) is 13.0 Å². The summed E-state index contributed by atoms with van der Waals surface area (Å²) in [5.41, 5.74) is 1.19. The van der Waals surface area contributed by atoms with Gasteiger partial charge in [-0.2, -0.15) is 5.26 Å². The number of ether oxygens (including phenoxy) is 2. The van der Waals surface area contributed by atoms with Gasteiger partial charge in [-0.1, -0.05) is 11.8 Å². The highest BCUT2D eigenvalue weighted by Crippen LogP contribution is 2.36. The zero-order valence-corrected chi connectivity index (χ0v) is 13.5. The molecule has 1 aromatic carbocycles. The van der Waals surface area contributed by atoms with Crippen LogP contribution in [-0.2, 0) is 0 Å². The van der Waals surface area contributed by atoms with Gasteiger partial charge in [-0.25, -0.2) is 4.98 Å². The highest BCUT2D eigenvalue weighted by Gasteiger charge is 2.18. The van der Waals surface area contributed by atoms with E-state index in [-0.39, 0.29) is 11.3 Å². The van der Waals surface area contributed by atoms with Crippen molar-refractivity contribution in [2.24, 2.45) is 0 Å². The van der Waals surface area contributed by atoms with Crippen LogP contribution in [0.1, 0.15) is 11.1 Å². The molecule has 6 nitrogen and oxygen atoms in total. The van der Waals surface area contributed by atoms with Crippen LogP contribution in [0, 0.1) is 18.3 Å². The van der Waals surface area contributed by atoms with Crippen LogP contribution in [0.2, 0.25) is 0 Å². The first kappa shape index (κ1) is 15.9. The van der Waals surface area contributed by atoms with Gasteiger partial charge in [-0.15, -0.1) is 0 Å². The second kappa shape index (κ2) is 6.54. The Hall–Kier alpha value is -2.46. The summed E-state index contributed by atoms with van der Waals surface area (Å²) in [5.74, 6) is 1.16. The third-order valence-electron chi connectivity index (χ3n) is 3.17. The van der Waals surface area contributed by atoms with Crippen molar-refractivity contribution in [3.8, 4) is 28.8 Å². The molecule has 0 spiro atoms. The maximum atomic E-state index is 12.0. The molecular weight excluding hydrogens is 302 g/mol. The number of nitriles is 1. The van der Waals surface area contributed by atoms with Gasteiger partial charge < -0.3 is 14.5 Å². The molecule has 0 saturated carbocycles.